The fourth-order valence-corrected chi connectivity index (χ4v) is 3.22. The first-order valence-corrected chi connectivity index (χ1v) is 8.23. The molecule has 0 bridgehead atoms. The summed E-state index contributed by atoms with van der Waals surface area (Å²) in [4.78, 5) is 24.4. The molecule has 0 radical (unpaired) electrons. The average molecular weight is 320 g/mol. The zero-order chi connectivity index (χ0) is 16.5. The molecule has 1 fully saturated rings. The third kappa shape index (κ3) is 2.67. The lowest BCUT2D eigenvalue weighted by Gasteiger charge is -2.32. The summed E-state index contributed by atoms with van der Waals surface area (Å²) in [5.41, 5.74) is 3.75. The molecule has 24 heavy (non-hydrogen) atoms. The maximum atomic E-state index is 12.8. The maximum Gasteiger partial charge on any atom is 0.253 e. The van der Waals surface area contributed by atoms with E-state index in [0.717, 1.165) is 53.9 Å². The van der Waals surface area contributed by atoms with Crippen LogP contribution in [0.3, 0.4) is 0 Å². The van der Waals surface area contributed by atoms with Gasteiger partial charge < -0.3 is 14.8 Å². The zero-order valence-corrected chi connectivity index (χ0v) is 13.7. The van der Waals surface area contributed by atoms with Gasteiger partial charge in [-0.3, -0.25) is 4.79 Å². The van der Waals surface area contributed by atoms with Crippen molar-refractivity contribution in [2.24, 2.45) is 0 Å². The average Bonchev–Trinajstić information content (AvgIpc) is 3.10. The molecule has 5 heteroatoms. The Labute approximate surface area is 140 Å². The number of aromatic nitrogens is 2. The molecular formula is C19H20N4O. The third-order valence-electron chi connectivity index (χ3n) is 4.67. The smallest absolute Gasteiger partial charge is 0.253 e. The topological polar surface area (TPSA) is 52.2 Å². The van der Waals surface area contributed by atoms with E-state index in [0.29, 0.717) is 0 Å². The second-order valence-corrected chi connectivity index (χ2v) is 6.27. The molecule has 1 aliphatic heterocycles. The first-order valence-electron chi connectivity index (χ1n) is 8.23. The highest BCUT2D eigenvalue weighted by Gasteiger charge is 2.20. The van der Waals surface area contributed by atoms with Crippen molar-refractivity contribution in [2.45, 2.75) is 0 Å². The summed E-state index contributed by atoms with van der Waals surface area (Å²) in [6.45, 7) is 3.44. The molecule has 1 aromatic carbocycles. The normalized spacial score (nSPS) is 15.8. The van der Waals surface area contributed by atoms with E-state index >= 15 is 0 Å². The number of benzene rings is 1. The number of hydrogen-bond donors (Lipinski definition) is 1. The Balaban J connectivity index is 1.66. The van der Waals surface area contributed by atoms with Gasteiger partial charge in [-0.1, -0.05) is 12.1 Å². The number of amides is 1. The number of likely N-dealkylation sites (N-methyl/N-ethyl adjacent to an activating group) is 1. The van der Waals surface area contributed by atoms with Crippen molar-refractivity contribution in [3.05, 3.63) is 54.4 Å². The van der Waals surface area contributed by atoms with Crippen LogP contribution in [0.25, 0.3) is 22.2 Å². The van der Waals surface area contributed by atoms with E-state index in [9.17, 15) is 4.79 Å². The number of H-pyrrole nitrogens is 1. The van der Waals surface area contributed by atoms with Gasteiger partial charge in [-0.2, -0.15) is 0 Å². The highest BCUT2D eigenvalue weighted by Crippen LogP contribution is 2.27. The monoisotopic (exact) mass is 320 g/mol. The number of fused-ring (bicyclic) bond motifs is 1. The molecule has 1 amide bonds. The van der Waals surface area contributed by atoms with Gasteiger partial charge in [-0.25, -0.2) is 4.98 Å². The quantitative estimate of drug-likeness (QED) is 0.790. The molecule has 3 heterocycles. The molecule has 1 saturated heterocycles. The number of pyridine rings is 1. The maximum absolute atomic E-state index is 12.8. The van der Waals surface area contributed by atoms with Gasteiger partial charge in [0, 0.05) is 49.5 Å². The Morgan fingerprint density at radius 3 is 2.79 bits per heavy atom. The van der Waals surface area contributed by atoms with Crippen molar-refractivity contribution in [1.82, 2.24) is 19.8 Å². The van der Waals surface area contributed by atoms with Crippen molar-refractivity contribution < 1.29 is 4.79 Å². The Kier molecular flexibility index (Phi) is 3.78. The van der Waals surface area contributed by atoms with E-state index in [-0.39, 0.29) is 5.91 Å². The molecule has 122 valence electrons. The van der Waals surface area contributed by atoms with Crippen LogP contribution in [-0.4, -0.2) is 58.9 Å². The van der Waals surface area contributed by atoms with Crippen LogP contribution in [0.4, 0.5) is 0 Å². The van der Waals surface area contributed by atoms with Crippen LogP contribution in [-0.2, 0) is 0 Å². The SMILES string of the molecule is CN1CCN(C(=O)c2cccc(-c3ccnc4[nH]ccc34)c2)CC1. The summed E-state index contributed by atoms with van der Waals surface area (Å²) in [7, 11) is 2.09. The Hall–Kier alpha value is -2.66. The van der Waals surface area contributed by atoms with Crippen LogP contribution in [0.2, 0.25) is 0 Å². The van der Waals surface area contributed by atoms with Gasteiger partial charge in [0.1, 0.15) is 5.65 Å². The Morgan fingerprint density at radius 1 is 1.12 bits per heavy atom. The second-order valence-electron chi connectivity index (χ2n) is 6.27. The van der Waals surface area contributed by atoms with E-state index in [1.165, 1.54) is 0 Å². The van der Waals surface area contributed by atoms with E-state index in [1.54, 1.807) is 6.20 Å². The number of carbonyl (C=O) groups excluding carboxylic acids is 1. The molecular weight excluding hydrogens is 300 g/mol. The fourth-order valence-electron chi connectivity index (χ4n) is 3.22. The standard InChI is InChI=1S/C19H20N4O/c1-22-9-11-23(12-10-22)19(24)15-4-2-3-14(13-15)16-5-7-20-18-17(16)6-8-21-18/h2-8,13H,9-12H2,1H3,(H,20,21). The number of rotatable bonds is 2. The predicted octanol–water partition coefficient (Wildman–Crippen LogP) is 2.62. The van der Waals surface area contributed by atoms with Crippen molar-refractivity contribution in [3.63, 3.8) is 0 Å². The molecule has 0 saturated carbocycles. The molecule has 2 aromatic heterocycles. The molecule has 1 N–H and O–H groups in total. The van der Waals surface area contributed by atoms with Gasteiger partial charge in [0.25, 0.3) is 5.91 Å². The number of piperazine rings is 1. The van der Waals surface area contributed by atoms with Gasteiger partial charge in [0.05, 0.1) is 0 Å². The van der Waals surface area contributed by atoms with Gasteiger partial charge in [0.15, 0.2) is 0 Å². The molecule has 0 unspecified atom stereocenters. The Bertz CT molecular complexity index is 878. The van der Waals surface area contributed by atoms with Crippen LogP contribution in [0.1, 0.15) is 10.4 Å². The predicted molar refractivity (Wildman–Crippen MR) is 94.9 cm³/mol. The highest BCUT2D eigenvalue weighted by atomic mass is 16.2. The van der Waals surface area contributed by atoms with E-state index in [2.05, 4.69) is 21.9 Å². The van der Waals surface area contributed by atoms with Crippen LogP contribution in [0, 0.1) is 0 Å². The summed E-state index contributed by atoms with van der Waals surface area (Å²) in [5.74, 6) is 0.115. The summed E-state index contributed by atoms with van der Waals surface area (Å²) in [6.07, 6.45) is 3.68. The molecule has 4 rings (SSSR count). The molecule has 0 spiro atoms. The minimum absolute atomic E-state index is 0.115. The minimum Gasteiger partial charge on any atom is -0.346 e. The lowest BCUT2D eigenvalue weighted by molar-refractivity contribution is 0.0664. The lowest BCUT2D eigenvalue weighted by Crippen LogP contribution is -2.47. The minimum atomic E-state index is 0.115. The lowest BCUT2D eigenvalue weighted by atomic mass is 10.0. The van der Waals surface area contributed by atoms with Gasteiger partial charge in [-0.05, 0) is 42.4 Å². The van der Waals surface area contributed by atoms with Crippen molar-refractivity contribution in [1.29, 1.82) is 0 Å². The summed E-state index contributed by atoms with van der Waals surface area (Å²) in [6, 6.07) is 11.9. The molecule has 0 aliphatic carbocycles. The van der Waals surface area contributed by atoms with E-state index in [1.807, 2.05) is 47.5 Å². The highest BCUT2D eigenvalue weighted by molar-refractivity contribution is 5.98. The fraction of sp³-hybridized carbons (Fsp3) is 0.263. The van der Waals surface area contributed by atoms with Gasteiger partial charge in [-0.15, -0.1) is 0 Å². The number of aromatic amines is 1. The van der Waals surface area contributed by atoms with Crippen LogP contribution >= 0.6 is 0 Å². The number of hydrogen-bond acceptors (Lipinski definition) is 3. The third-order valence-corrected chi connectivity index (χ3v) is 4.67. The number of nitrogens with one attached hydrogen (secondary N) is 1. The van der Waals surface area contributed by atoms with Gasteiger partial charge in [0.2, 0.25) is 0 Å². The van der Waals surface area contributed by atoms with Gasteiger partial charge >= 0.3 is 0 Å². The van der Waals surface area contributed by atoms with E-state index < -0.39 is 0 Å². The molecule has 0 atom stereocenters. The van der Waals surface area contributed by atoms with Crippen molar-refractivity contribution >= 4 is 16.9 Å². The van der Waals surface area contributed by atoms with Crippen molar-refractivity contribution in [2.75, 3.05) is 33.2 Å². The van der Waals surface area contributed by atoms with Crippen LogP contribution in [0.5, 0.6) is 0 Å². The zero-order valence-electron chi connectivity index (χ0n) is 13.7. The van der Waals surface area contributed by atoms with E-state index in [4.69, 9.17) is 0 Å². The number of nitrogens with zero attached hydrogens (tertiary/aromatic N) is 3. The van der Waals surface area contributed by atoms with Crippen molar-refractivity contribution in [3.8, 4) is 11.1 Å². The largest absolute Gasteiger partial charge is 0.346 e. The Morgan fingerprint density at radius 2 is 1.96 bits per heavy atom. The van der Waals surface area contributed by atoms with Crippen LogP contribution < -0.4 is 0 Å². The molecule has 1 aliphatic rings. The summed E-state index contributed by atoms with van der Waals surface area (Å²) < 4.78 is 0. The summed E-state index contributed by atoms with van der Waals surface area (Å²) >= 11 is 0. The number of carbonyl (C=O) groups is 1. The summed E-state index contributed by atoms with van der Waals surface area (Å²) in [5, 5.41) is 1.07. The second kappa shape index (κ2) is 6.09. The first kappa shape index (κ1) is 14.9. The van der Waals surface area contributed by atoms with Crippen LogP contribution in [0.15, 0.2) is 48.8 Å². The molecule has 3 aromatic rings. The first-order chi connectivity index (χ1) is 11.7. The molecule has 5 nitrogen and oxygen atoms in total.